The number of fused-ring (bicyclic) bond motifs is 1. The van der Waals surface area contributed by atoms with Crippen molar-refractivity contribution in [1.82, 2.24) is 14.7 Å². The molecule has 3 aromatic rings. The molecule has 0 unspecified atom stereocenters. The highest BCUT2D eigenvalue weighted by atomic mass is 32.2. The molecule has 2 fully saturated rings. The minimum atomic E-state index is -4.44. The lowest BCUT2D eigenvalue weighted by Gasteiger charge is -2.55. The summed E-state index contributed by atoms with van der Waals surface area (Å²) in [6.45, 7) is 2.08. The van der Waals surface area contributed by atoms with Crippen LogP contribution >= 0.6 is 0 Å². The number of nitrogens with one attached hydrogen (secondary N) is 2. The predicted molar refractivity (Wildman–Crippen MR) is 130 cm³/mol. The van der Waals surface area contributed by atoms with Crippen LogP contribution in [-0.2, 0) is 21.0 Å². The molecule has 2 aliphatic rings. The summed E-state index contributed by atoms with van der Waals surface area (Å²) in [6, 6.07) is 7.94. The first-order valence-corrected chi connectivity index (χ1v) is 13.4. The summed E-state index contributed by atoms with van der Waals surface area (Å²) in [6.07, 6.45) is -2.93. The van der Waals surface area contributed by atoms with Gasteiger partial charge in [0.2, 0.25) is 0 Å². The zero-order valence-corrected chi connectivity index (χ0v) is 21.0. The summed E-state index contributed by atoms with van der Waals surface area (Å²) in [5.74, 6) is 5.94. The van der Waals surface area contributed by atoms with E-state index in [1.54, 1.807) is 18.3 Å². The molecule has 0 radical (unpaired) electrons. The molecule has 1 atom stereocenters. The van der Waals surface area contributed by atoms with Crippen LogP contribution in [0, 0.1) is 17.3 Å². The zero-order chi connectivity index (χ0) is 26.4. The topological polar surface area (TPSA) is 94.0 Å². The Labute approximate surface area is 212 Å². The molecule has 0 bridgehead atoms. The van der Waals surface area contributed by atoms with Gasteiger partial charge in [0, 0.05) is 42.1 Å². The second-order valence-electron chi connectivity index (χ2n) is 9.31. The van der Waals surface area contributed by atoms with Crippen LogP contribution in [-0.4, -0.2) is 63.6 Å². The van der Waals surface area contributed by atoms with Crippen molar-refractivity contribution < 1.29 is 31.1 Å². The Balaban J connectivity index is 1.44. The van der Waals surface area contributed by atoms with Crippen molar-refractivity contribution in [2.24, 2.45) is 5.41 Å². The van der Waals surface area contributed by atoms with Crippen molar-refractivity contribution in [3.63, 3.8) is 0 Å². The SMILES string of the molecule is COc1cc(S(C)(=O)=O)ccc1NCC#Cc1nc2c([C@@H]3NCC34COC4)cccn2c1CC(F)(F)F. The number of imidazole rings is 1. The summed E-state index contributed by atoms with van der Waals surface area (Å²) in [4.78, 5) is 4.64. The van der Waals surface area contributed by atoms with Crippen LogP contribution in [0.5, 0.6) is 5.75 Å². The van der Waals surface area contributed by atoms with E-state index in [2.05, 4.69) is 27.5 Å². The Hall–Kier alpha value is -3.27. The molecule has 0 amide bonds. The van der Waals surface area contributed by atoms with Crippen molar-refractivity contribution in [2.45, 2.75) is 23.5 Å². The third-order valence-corrected chi connectivity index (χ3v) is 7.79. The highest BCUT2D eigenvalue weighted by Gasteiger charge is 2.53. The maximum atomic E-state index is 13.5. The molecule has 0 aliphatic carbocycles. The molecule has 196 valence electrons. The molecule has 2 N–H and O–H groups in total. The van der Waals surface area contributed by atoms with E-state index in [1.807, 2.05) is 6.07 Å². The van der Waals surface area contributed by atoms with Crippen LogP contribution in [0.25, 0.3) is 5.65 Å². The van der Waals surface area contributed by atoms with E-state index in [4.69, 9.17) is 9.47 Å². The lowest BCUT2D eigenvalue weighted by Crippen LogP contribution is -2.66. The number of benzene rings is 1. The number of hydrogen-bond acceptors (Lipinski definition) is 7. The van der Waals surface area contributed by atoms with E-state index in [0.717, 1.165) is 18.4 Å². The molecular formula is C25H25F3N4O4S. The quantitative estimate of drug-likeness (QED) is 0.470. The Morgan fingerprint density at radius 3 is 2.70 bits per heavy atom. The first-order valence-electron chi connectivity index (χ1n) is 11.5. The van der Waals surface area contributed by atoms with Gasteiger partial charge in [-0.15, -0.1) is 0 Å². The lowest BCUT2D eigenvalue weighted by molar-refractivity contribution is -0.170. The molecule has 1 aromatic carbocycles. The Morgan fingerprint density at radius 1 is 1.32 bits per heavy atom. The van der Waals surface area contributed by atoms with Crippen molar-refractivity contribution in [1.29, 1.82) is 0 Å². The number of ether oxygens (including phenoxy) is 2. The monoisotopic (exact) mass is 534 g/mol. The van der Waals surface area contributed by atoms with E-state index in [0.29, 0.717) is 30.3 Å². The lowest BCUT2D eigenvalue weighted by atomic mass is 9.69. The normalized spacial score (nSPS) is 18.6. The second-order valence-corrected chi connectivity index (χ2v) is 11.3. The van der Waals surface area contributed by atoms with Gasteiger partial charge in [0.25, 0.3) is 0 Å². The van der Waals surface area contributed by atoms with E-state index >= 15 is 0 Å². The number of sulfone groups is 1. The van der Waals surface area contributed by atoms with E-state index in [-0.39, 0.29) is 34.3 Å². The van der Waals surface area contributed by atoms with Crippen LogP contribution < -0.4 is 15.4 Å². The summed E-state index contributed by atoms with van der Waals surface area (Å²) < 4.78 is 76.1. The average molecular weight is 535 g/mol. The van der Waals surface area contributed by atoms with Gasteiger partial charge >= 0.3 is 6.18 Å². The fourth-order valence-corrected chi connectivity index (χ4v) is 5.34. The number of alkyl halides is 3. The van der Waals surface area contributed by atoms with Crippen LogP contribution in [0.4, 0.5) is 18.9 Å². The minimum absolute atomic E-state index is 0.0230. The number of hydrogen-bond donors (Lipinski definition) is 2. The van der Waals surface area contributed by atoms with Crippen LogP contribution in [0.2, 0.25) is 0 Å². The minimum Gasteiger partial charge on any atom is -0.495 e. The molecule has 8 nitrogen and oxygen atoms in total. The second kappa shape index (κ2) is 9.24. The number of anilines is 1. The molecular weight excluding hydrogens is 509 g/mol. The number of aromatic nitrogens is 2. The van der Waals surface area contributed by atoms with Crippen LogP contribution in [0.1, 0.15) is 23.0 Å². The van der Waals surface area contributed by atoms with Gasteiger partial charge < -0.3 is 24.5 Å². The fourth-order valence-electron chi connectivity index (χ4n) is 4.70. The van der Waals surface area contributed by atoms with Crippen LogP contribution in [0.3, 0.4) is 0 Å². The average Bonchev–Trinajstić information content (AvgIpc) is 3.11. The Kier molecular flexibility index (Phi) is 6.34. The highest BCUT2D eigenvalue weighted by Crippen LogP contribution is 2.47. The molecule has 2 aliphatic heterocycles. The predicted octanol–water partition coefficient (Wildman–Crippen LogP) is 2.98. The fraction of sp³-hybridized carbons (Fsp3) is 0.400. The Morgan fingerprint density at radius 2 is 2.11 bits per heavy atom. The molecule has 2 aromatic heterocycles. The van der Waals surface area contributed by atoms with Gasteiger partial charge in [0.05, 0.1) is 49.6 Å². The maximum Gasteiger partial charge on any atom is 0.394 e. The first kappa shape index (κ1) is 25.4. The molecule has 0 saturated carbocycles. The summed E-state index contributed by atoms with van der Waals surface area (Å²) in [5, 5.41) is 6.38. The molecule has 12 heteroatoms. The third-order valence-electron chi connectivity index (χ3n) is 6.68. The standard InChI is InChI=1S/C25H25F3N4O4S/c1-35-21-11-16(37(2,33)34)7-8-19(21)29-9-3-6-18-20(12-25(26,27)28)32-10-4-5-17(23(32)31-18)22-24(13-30-22)14-36-15-24/h4-5,7-8,10-11,22,29-30H,9,12-15H2,1-2H3/t22-/m0/s1. The van der Waals surface area contributed by atoms with E-state index in [9.17, 15) is 21.6 Å². The molecule has 5 rings (SSSR count). The van der Waals surface area contributed by atoms with Gasteiger partial charge in [0.15, 0.2) is 9.84 Å². The highest BCUT2D eigenvalue weighted by molar-refractivity contribution is 7.90. The number of methoxy groups -OCH3 is 1. The van der Waals surface area contributed by atoms with Crippen molar-refractivity contribution in [2.75, 3.05) is 45.0 Å². The maximum absolute atomic E-state index is 13.5. The zero-order valence-electron chi connectivity index (χ0n) is 20.1. The van der Waals surface area contributed by atoms with Crippen LogP contribution in [0.15, 0.2) is 41.4 Å². The molecule has 2 saturated heterocycles. The van der Waals surface area contributed by atoms with Gasteiger partial charge in [0.1, 0.15) is 17.1 Å². The van der Waals surface area contributed by atoms with E-state index in [1.165, 1.54) is 23.6 Å². The van der Waals surface area contributed by atoms with Gasteiger partial charge in [-0.1, -0.05) is 12.0 Å². The molecule has 4 heterocycles. The summed E-state index contributed by atoms with van der Waals surface area (Å²) in [5.41, 5.74) is 1.76. The first-order chi connectivity index (χ1) is 17.5. The van der Waals surface area contributed by atoms with E-state index < -0.39 is 22.4 Å². The summed E-state index contributed by atoms with van der Waals surface area (Å²) in [7, 11) is -2.00. The van der Waals surface area contributed by atoms with Crippen molar-refractivity contribution in [3.05, 3.63) is 53.5 Å². The van der Waals surface area contributed by atoms with Gasteiger partial charge in [-0.2, -0.15) is 13.2 Å². The van der Waals surface area contributed by atoms with Gasteiger partial charge in [-0.25, -0.2) is 13.4 Å². The largest absolute Gasteiger partial charge is 0.495 e. The van der Waals surface area contributed by atoms with Crippen molar-refractivity contribution in [3.8, 4) is 17.6 Å². The molecule has 1 spiro atoms. The number of rotatable bonds is 6. The Bertz CT molecular complexity index is 1510. The number of halogens is 3. The van der Waals surface area contributed by atoms with Crippen molar-refractivity contribution >= 4 is 21.2 Å². The molecule has 37 heavy (non-hydrogen) atoms. The number of nitrogens with zero attached hydrogens (tertiary/aromatic N) is 2. The summed E-state index contributed by atoms with van der Waals surface area (Å²) >= 11 is 0. The van der Waals surface area contributed by atoms with Gasteiger partial charge in [-0.05, 0) is 24.1 Å². The third kappa shape index (κ3) is 4.86. The smallest absolute Gasteiger partial charge is 0.394 e. The van der Waals surface area contributed by atoms with Gasteiger partial charge in [-0.3, -0.25) is 0 Å². The number of pyridine rings is 1.